The molecule has 0 amide bonds. The highest BCUT2D eigenvalue weighted by atomic mass is 16.5. The fourth-order valence-electron chi connectivity index (χ4n) is 2.91. The molecule has 144 valence electrons. The van der Waals surface area contributed by atoms with Crippen LogP contribution in [0.15, 0.2) is 57.7 Å². The van der Waals surface area contributed by atoms with Crippen LogP contribution in [-0.2, 0) is 16.0 Å². The van der Waals surface area contributed by atoms with E-state index in [9.17, 15) is 14.4 Å². The van der Waals surface area contributed by atoms with E-state index < -0.39 is 5.63 Å². The van der Waals surface area contributed by atoms with Gasteiger partial charge in [0.25, 0.3) is 0 Å². The SMILES string of the molecule is COC(=O)CCc1cc2c(C)cc(=O)oc2cc1OCC(=O)c1ccccc1. The second-order valence-electron chi connectivity index (χ2n) is 6.36. The van der Waals surface area contributed by atoms with Crippen molar-refractivity contribution in [2.45, 2.75) is 19.8 Å². The normalized spacial score (nSPS) is 10.6. The van der Waals surface area contributed by atoms with Gasteiger partial charge in [0, 0.05) is 29.5 Å². The van der Waals surface area contributed by atoms with Crippen molar-refractivity contribution >= 4 is 22.7 Å². The number of hydrogen-bond acceptors (Lipinski definition) is 6. The monoisotopic (exact) mass is 380 g/mol. The fraction of sp³-hybridized carbons (Fsp3) is 0.227. The maximum Gasteiger partial charge on any atom is 0.336 e. The molecule has 0 unspecified atom stereocenters. The van der Waals surface area contributed by atoms with E-state index in [0.29, 0.717) is 23.3 Å². The number of ketones is 1. The van der Waals surface area contributed by atoms with Gasteiger partial charge >= 0.3 is 11.6 Å². The summed E-state index contributed by atoms with van der Waals surface area (Å²) in [4.78, 5) is 35.6. The number of benzene rings is 2. The zero-order valence-corrected chi connectivity index (χ0v) is 15.7. The van der Waals surface area contributed by atoms with Crippen LogP contribution in [-0.4, -0.2) is 25.5 Å². The minimum absolute atomic E-state index is 0.167. The minimum atomic E-state index is -0.460. The number of carbonyl (C=O) groups excluding carboxylic acids is 2. The third-order valence-corrected chi connectivity index (χ3v) is 4.41. The van der Waals surface area contributed by atoms with Gasteiger partial charge in [0.15, 0.2) is 12.4 Å². The van der Waals surface area contributed by atoms with Gasteiger partial charge in [0.05, 0.1) is 7.11 Å². The van der Waals surface area contributed by atoms with Gasteiger partial charge in [-0.15, -0.1) is 0 Å². The number of ether oxygens (including phenoxy) is 2. The zero-order chi connectivity index (χ0) is 20.1. The lowest BCUT2D eigenvalue weighted by Crippen LogP contribution is -2.13. The summed E-state index contributed by atoms with van der Waals surface area (Å²) in [5.74, 6) is -0.123. The summed E-state index contributed by atoms with van der Waals surface area (Å²) in [5, 5.41) is 0.751. The molecule has 0 fully saturated rings. The molecule has 2 aromatic carbocycles. The van der Waals surface area contributed by atoms with Gasteiger partial charge in [-0.2, -0.15) is 0 Å². The van der Waals surface area contributed by atoms with Crippen molar-refractivity contribution in [2.24, 2.45) is 0 Å². The largest absolute Gasteiger partial charge is 0.485 e. The smallest absolute Gasteiger partial charge is 0.336 e. The number of fused-ring (bicyclic) bond motifs is 1. The fourth-order valence-corrected chi connectivity index (χ4v) is 2.91. The van der Waals surface area contributed by atoms with E-state index >= 15 is 0 Å². The minimum Gasteiger partial charge on any atom is -0.485 e. The first kappa shape index (κ1) is 19.4. The second-order valence-corrected chi connectivity index (χ2v) is 6.36. The van der Waals surface area contributed by atoms with Crippen molar-refractivity contribution in [3.63, 3.8) is 0 Å². The van der Waals surface area contributed by atoms with Crippen molar-refractivity contribution in [2.75, 3.05) is 13.7 Å². The number of aryl methyl sites for hydroxylation is 2. The van der Waals surface area contributed by atoms with Crippen molar-refractivity contribution in [3.8, 4) is 5.75 Å². The Balaban J connectivity index is 1.92. The third-order valence-electron chi connectivity index (χ3n) is 4.41. The van der Waals surface area contributed by atoms with Crippen molar-refractivity contribution < 1.29 is 23.5 Å². The third kappa shape index (κ3) is 4.46. The van der Waals surface area contributed by atoms with Crippen LogP contribution in [0.4, 0.5) is 0 Å². The summed E-state index contributed by atoms with van der Waals surface area (Å²) >= 11 is 0. The Hall–Kier alpha value is -3.41. The molecule has 6 heteroatoms. The Kier molecular flexibility index (Phi) is 5.89. The Bertz CT molecular complexity index is 1070. The number of rotatable bonds is 7. The van der Waals surface area contributed by atoms with Crippen LogP contribution in [0.25, 0.3) is 11.0 Å². The van der Waals surface area contributed by atoms with Crippen LogP contribution in [0.1, 0.15) is 27.9 Å². The molecule has 1 aromatic heterocycles. The summed E-state index contributed by atoms with van der Waals surface area (Å²) < 4.78 is 15.7. The van der Waals surface area contributed by atoms with Gasteiger partial charge in [-0.25, -0.2) is 4.79 Å². The summed E-state index contributed by atoms with van der Waals surface area (Å²) in [6.07, 6.45) is 0.539. The molecule has 28 heavy (non-hydrogen) atoms. The molecule has 1 heterocycles. The first-order chi connectivity index (χ1) is 13.5. The molecule has 0 saturated heterocycles. The predicted octanol–water partition coefficient (Wildman–Crippen LogP) is 3.47. The molecule has 0 aliphatic rings. The molecule has 0 radical (unpaired) electrons. The topological polar surface area (TPSA) is 82.8 Å². The summed E-state index contributed by atoms with van der Waals surface area (Å²) in [6, 6.07) is 13.6. The highest BCUT2D eigenvalue weighted by molar-refractivity contribution is 5.97. The molecule has 6 nitrogen and oxygen atoms in total. The van der Waals surface area contributed by atoms with Crippen LogP contribution in [0.2, 0.25) is 0 Å². The van der Waals surface area contributed by atoms with Crippen molar-refractivity contribution in [3.05, 3.63) is 75.6 Å². The van der Waals surface area contributed by atoms with Crippen LogP contribution in [0, 0.1) is 6.92 Å². The van der Waals surface area contributed by atoms with Gasteiger partial charge in [0.2, 0.25) is 0 Å². The van der Waals surface area contributed by atoms with E-state index in [1.54, 1.807) is 30.3 Å². The van der Waals surface area contributed by atoms with E-state index in [4.69, 9.17) is 13.9 Å². The Morgan fingerprint density at radius 2 is 1.82 bits per heavy atom. The van der Waals surface area contributed by atoms with Gasteiger partial charge < -0.3 is 13.9 Å². The molecule has 0 saturated carbocycles. The Labute approximate surface area is 161 Å². The maximum atomic E-state index is 12.3. The van der Waals surface area contributed by atoms with Crippen molar-refractivity contribution in [1.82, 2.24) is 0 Å². The average Bonchev–Trinajstić information content (AvgIpc) is 2.70. The standard InChI is InChI=1S/C22H20O6/c1-14-10-22(25)28-20-12-19(16(11-17(14)20)8-9-21(24)26-2)27-13-18(23)15-6-4-3-5-7-15/h3-7,10-12H,8-9,13H2,1-2H3. The van der Waals surface area contributed by atoms with Gasteiger partial charge in [-0.05, 0) is 30.5 Å². The molecule has 3 rings (SSSR count). The van der Waals surface area contributed by atoms with E-state index in [1.807, 2.05) is 19.1 Å². The van der Waals surface area contributed by atoms with E-state index in [2.05, 4.69) is 0 Å². The first-order valence-corrected chi connectivity index (χ1v) is 8.83. The molecule has 0 N–H and O–H groups in total. The van der Waals surface area contributed by atoms with Gasteiger partial charge in [0.1, 0.15) is 11.3 Å². The van der Waals surface area contributed by atoms with Crippen LogP contribution in [0.3, 0.4) is 0 Å². The summed E-state index contributed by atoms with van der Waals surface area (Å²) in [6.45, 7) is 1.64. The highest BCUT2D eigenvalue weighted by Gasteiger charge is 2.14. The molecule has 0 spiro atoms. The molecule has 0 atom stereocenters. The first-order valence-electron chi connectivity index (χ1n) is 8.83. The molecule has 3 aromatic rings. The number of esters is 1. The summed E-state index contributed by atoms with van der Waals surface area (Å²) in [5.41, 5.74) is 1.95. The molecule has 0 bridgehead atoms. The van der Waals surface area contributed by atoms with Gasteiger partial charge in [-0.3, -0.25) is 9.59 Å². The number of Topliss-reactive ketones (excluding diaryl/α,β-unsaturated/α-hetero) is 1. The second kappa shape index (κ2) is 8.52. The molecular formula is C22H20O6. The number of carbonyl (C=O) groups is 2. The Morgan fingerprint density at radius 1 is 1.07 bits per heavy atom. The lowest BCUT2D eigenvalue weighted by atomic mass is 10.0. The zero-order valence-electron chi connectivity index (χ0n) is 15.7. The Morgan fingerprint density at radius 3 is 2.54 bits per heavy atom. The van der Waals surface area contributed by atoms with Crippen LogP contribution < -0.4 is 10.4 Å². The van der Waals surface area contributed by atoms with Gasteiger partial charge in [-0.1, -0.05) is 30.3 Å². The molecule has 0 aliphatic heterocycles. The average molecular weight is 380 g/mol. The van der Waals surface area contributed by atoms with Crippen LogP contribution >= 0.6 is 0 Å². The predicted molar refractivity (Wildman–Crippen MR) is 104 cm³/mol. The molecular weight excluding hydrogens is 360 g/mol. The lowest BCUT2D eigenvalue weighted by molar-refractivity contribution is -0.140. The van der Waals surface area contributed by atoms with E-state index in [-0.39, 0.29) is 24.8 Å². The number of methoxy groups -OCH3 is 1. The van der Waals surface area contributed by atoms with E-state index in [0.717, 1.165) is 16.5 Å². The van der Waals surface area contributed by atoms with E-state index in [1.165, 1.54) is 13.2 Å². The lowest BCUT2D eigenvalue weighted by Gasteiger charge is -2.13. The quantitative estimate of drug-likeness (QED) is 0.355. The highest BCUT2D eigenvalue weighted by Crippen LogP contribution is 2.28. The summed E-state index contributed by atoms with van der Waals surface area (Å²) in [7, 11) is 1.33. The number of hydrogen-bond donors (Lipinski definition) is 0. The molecule has 0 aliphatic carbocycles. The van der Waals surface area contributed by atoms with Crippen molar-refractivity contribution in [1.29, 1.82) is 0 Å². The van der Waals surface area contributed by atoms with Crippen LogP contribution in [0.5, 0.6) is 5.75 Å². The maximum absolute atomic E-state index is 12.3.